The van der Waals surface area contributed by atoms with Gasteiger partial charge in [0.15, 0.2) is 0 Å². The molecule has 0 spiro atoms. The van der Waals surface area contributed by atoms with Crippen LogP contribution in [0.15, 0.2) is 30.5 Å². The third kappa shape index (κ3) is 3.20. The van der Waals surface area contributed by atoms with E-state index in [2.05, 4.69) is 29.7 Å². The van der Waals surface area contributed by atoms with Crippen molar-refractivity contribution >= 4 is 22.5 Å². The summed E-state index contributed by atoms with van der Waals surface area (Å²) in [5, 5.41) is 6.14. The highest BCUT2D eigenvalue weighted by Crippen LogP contribution is 2.40. The fourth-order valence-electron chi connectivity index (χ4n) is 6.41. The smallest absolute Gasteiger partial charge is 0.255 e. The molecule has 3 atom stereocenters. The molecule has 36 heavy (non-hydrogen) atoms. The number of nitrogens with zero attached hydrogens (tertiary/aromatic N) is 5. The van der Waals surface area contributed by atoms with Crippen LogP contribution in [0.1, 0.15) is 47.3 Å². The van der Waals surface area contributed by atoms with Gasteiger partial charge in [-0.25, -0.2) is 9.50 Å². The zero-order valence-corrected chi connectivity index (χ0v) is 21.1. The predicted octanol–water partition coefficient (Wildman–Crippen LogP) is 3.95. The molecule has 1 amide bonds. The molecule has 2 N–H and O–H groups in total. The summed E-state index contributed by atoms with van der Waals surface area (Å²) in [4.78, 5) is 20.4. The minimum absolute atomic E-state index is 0.00933. The Hall–Kier alpha value is -3.39. The van der Waals surface area contributed by atoms with Crippen LogP contribution in [0.2, 0.25) is 0 Å². The zero-order chi connectivity index (χ0) is 24.7. The number of likely N-dealkylation sites (tertiary alicyclic amines) is 1. The Morgan fingerprint density at radius 2 is 2.00 bits per heavy atom. The molecule has 7 rings (SSSR count). The van der Waals surface area contributed by atoms with Crippen molar-refractivity contribution in [2.75, 3.05) is 13.7 Å². The van der Waals surface area contributed by atoms with E-state index < -0.39 is 0 Å². The Kier molecular flexibility index (Phi) is 4.74. The first kappa shape index (κ1) is 21.9. The van der Waals surface area contributed by atoms with E-state index in [9.17, 15) is 4.79 Å². The Morgan fingerprint density at radius 3 is 2.69 bits per heavy atom. The summed E-state index contributed by atoms with van der Waals surface area (Å²) in [6.07, 6.45) is 6.47. The van der Waals surface area contributed by atoms with Crippen LogP contribution < -0.4 is 10.5 Å². The number of hydrogen-bond acceptors (Lipinski definition) is 5. The van der Waals surface area contributed by atoms with Crippen molar-refractivity contribution in [3.8, 4) is 17.1 Å². The van der Waals surface area contributed by atoms with Crippen LogP contribution in [0.3, 0.4) is 0 Å². The van der Waals surface area contributed by atoms with Crippen LogP contribution >= 0.6 is 0 Å². The van der Waals surface area contributed by atoms with Crippen LogP contribution in [0.5, 0.6) is 5.75 Å². The number of piperidine rings is 1. The molecule has 8 nitrogen and oxygen atoms in total. The van der Waals surface area contributed by atoms with Gasteiger partial charge in [-0.2, -0.15) is 5.10 Å². The second-order valence-electron chi connectivity index (χ2n) is 11.0. The zero-order valence-electron chi connectivity index (χ0n) is 21.1. The van der Waals surface area contributed by atoms with Crippen LogP contribution in [-0.4, -0.2) is 55.7 Å². The standard InChI is InChI=1S/C28H32N6O2/c1-15-4-7-18-10-22(32(27(18)30-15)12-17-5-6-17)25-16(2)26-23(36-3)11-20(14-34(26)31-25)28(35)33-13-19-8-9-21(33)24(19)29/h4,7,10-11,14,17,19,21,24H,5-6,8-9,12-13,29H2,1-3H3/t19?,21?,24-/m1/s1. The lowest BCUT2D eigenvalue weighted by Gasteiger charge is -2.27. The Labute approximate surface area is 210 Å². The Bertz CT molecular complexity index is 1530. The maximum absolute atomic E-state index is 13.5. The summed E-state index contributed by atoms with van der Waals surface area (Å²) in [5.74, 6) is 1.77. The molecule has 2 aliphatic carbocycles. The van der Waals surface area contributed by atoms with Gasteiger partial charge in [0.05, 0.1) is 18.4 Å². The minimum Gasteiger partial charge on any atom is -0.494 e. The van der Waals surface area contributed by atoms with Gasteiger partial charge in [-0.3, -0.25) is 4.79 Å². The highest BCUT2D eigenvalue weighted by atomic mass is 16.5. The molecule has 2 bridgehead atoms. The van der Waals surface area contributed by atoms with Crippen molar-refractivity contribution < 1.29 is 9.53 Å². The van der Waals surface area contributed by atoms with E-state index >= 15 is 0 Å². The first-order valence-corrected chi connectivity index (χ1v) is 13.0. The number of ether oxygens (including phenoxy) is 1. The number of carbonyl (C=O) groups is 1. The number of fused-ring (bicyclic) bond motifs is 4. The van der Waals surface area contributed by atoms with Gasteiger partial charge in [0.2, 0.25) is 0 Å². The molecule has 186 valence electrons. The van der Waals surface area contributed by atoms with Crippen LogP contribution in [0, 0.1) is 25.7 Å². The number of amides is 1. The lowest BCUT2D eigenvalue weighted by Crippen LogP contribution is -2.41. The van der Waals surface area contributed by atoms with Crippen LogP contribution in [0.25, 0.3) is 27.9 Å². The van der Waals surface area contributed by atoms with Crippen molar-refractivity contribution in [2.45, 2.75) is 58.2 Å². The Balaban J connectivity index is 1.35. The summed E-state index contributed by atoms with van der Waals surface area (Å²) in [5.41, 5.74) is 12.9. The molecular weight excluding hydrogens is 452 g/mol. The maximum atomic E-state index is 13.5. The molecule has 1 saturated heterocycles. The van der Waals surface area contributed by atoms with Crippen molar-refractivity contribution in [3.63, 3.8) is 0 Å². The molecule has 2 unspecified atom stereocenters. The fraction of sp³-hybridized carbons (Fsp3) is 0.464. The van der Waals surface area contributed by atoms with E-state index in [0.29, 0.717) is 23.1 Å². The molecule has 8 heteroatoms. The van der Waals surface area contributed by atoms with E-state index in [1.165, 1.54) is 12.8 Å². The van der Waals surface area contributed by atoms with Gasteiger partial charge >= 0.3 is 0 Å². The number of hydrogen-bond donors (Lipinski definition) is 1. The number of aromatic nitrogens is 4. The molecule has 0 radical (unpaired) electrons. The average Bonchev–Trinajstić information content (AvgIpc) is 3.29. The predicted molar refractivity (Wildman–Crippen MR) is 138 cm³/mol. The van der Waals surface area contributed by atoms with E-state index in [4.69, 9.17) is 20.6 Å². The normalized spacial score (nSPS) is 23.3. The summed E-state index contributed by atoms with van der Waals surface area (Å²) < 4.78 is 9.95. The van der Waals surface area contributed by atoms with Gasteiger partial charge < -0.3 is 19.9 Å². The number of nitrogens with two attached hydrogens (primary N) is 1. The molecule has 3 fully saturated rings. The van der Waals surface area contributed by atoms with E-state index in [1.807, 2.05) is 28.6 Å². The van der Waals surface area contributed by atoms with Crippen molar-refractivity contribution in [2.24, 2.45) is 17.6 Å². The molecule has 1 aliphatic heterocycles. The number of rotatable bonds is 5. The summed E-state index contributed by atoms with van der Waals surface area (Å²) in [7, 11) is 1.65. The van der Waals surface area contributed by atoms with E-state index in [0.717, 1.165) is 65.1 Å². The average molecular weight is 485 g/mol. The molecule has 4 aromatic rings. The van der Waals surface area contributed by atoms with E-state index in [1.54, 1.807) is 7.11 Å². The van der Waals surface area contributed by atoms with Gasteiger partial charge in [0, 0.05) is 48.0 Å². The maximum Gasteiger partial charge on any atom is 0.255 e. The summed E-state index contributed by atoms with van der Waals surface area (Å²) in [6, 6.07) is 8.47. The number of carbonyl (C=O) groups excluding carboxylic acids is 1. The topological polar surface area (TPSA) is 90.7 Å². The third-order valence-electron chi connectivity index (χ3n) is 8.57. The van der Waals surface area contributed by atoms with Gasteiger partial charge in [-0.1, -0.05) is 0 Å². The quantitative estimate of drug-likeness (QED) is 0.463. The molecule has 4 aromatic heterocycles. The molecule has 0 aromatic carbocycles. The van der Waals surface area contributed by atoms with Crippen LogP contribution in [0.4, 0.5) is 0 Å². The van der Waals surface area contributed by atoms with Crippen molar-refractivity contribution in [3.05, 3.63) is 47.3 Å². The lowest BCUT2D eigenvalue weighted by molar-refractivity contribution is 0.0699. The van der Waals surface area contributed by atoms with Crippen molar-refractivity contribution in [1.82, 2.24) is 24.1 Å². The number of aryl methyl sites for hydroxylation is 2. The lowest BCUT2D eigenvalue weighted by atomic mass is 10.1. The highest BCUT2D eigenvalue weighted by Gasteiger charge is 2.47. The fourth-order valence-corrected chi connectivity index (χ4v) is 6.41. The summed E-state index contributed by atoms with van der Waals surface area (Å²) in [6.45, 7) is 5.80. The second-order valence-corrected chi connectivity index (χ2v) is 11.0. The number of pyridine rings is 2. The number of methoxy groups -OCH3 is 1. The molecule has 3 aliphatic rings. The monoisotopic (exact) mass is 484 g/mol. The van der Waals surface area contributed by atoms with Gasteiger partial charge in [-0.15, -0.1) is 0 Å². The molecule has 2 saturated carbocycles. The molecular formula is C28H32N6O2. The van der Waals surface area contributed by atoms with Gasteiger partial charge in [-0.05, 0) is 75.6 Å². The minimum atomic E-state index is 0.00933. The van der Waals surface area contributed by atoms with Gasteiger partial charge in [0.25, 0.3) is 5.91 Å². The largest absolute Gasteiger partial charge is 0.494 e. The Morgan fingerprint density at radius 1 is 1.17 bits per heavy atom. The molecule has 5 heterocycles. The SMILES string of the molecule is COc1cc(C(=O)N2CC3CCC2[C@@H]3N)cn2nc(-c3cc4ccc(C)nc4n3CC3CC3)c(C)c12. The van der Waals surface area contributed by atoms with E-state index in [-0.39, 0.29) is 18.0 Å². The first-order valence-electron chi connectivity index (χ1n) is 13.0. The van der Waals surface area contributed by atoms with Crippen molar-refractivity contribution in [1.29, 1.82) is 0 Å². The second kappa shape index (κ2) is 7.80. The highest BCUT2D eigenvalue weighted by molar-refractivity contribution is 5.96. The summed E-state index contributed by atoms with van der Waals surface area (Å²) >= 11 is 0. The third-order valence-corrected chi connectivity index (χ3v) is 8.57. The first-order chi connectivity index (χ1) is 17.4. The van der Waals surface area contributed by atoms with Crippen LogP contribution in [-0.2, 0) is 6.54 Å². The van der Waals surface area contributed by atoms with Gasteiger partial charge in [0.1, 0.15) is 22.6 Å².